The molecule has 128 valence electrons. The van der Waals surface area contributed by atoms with Crippen molar-refractivity contribution < 1.29 is 14.3 Å². The Morgan fingerprint density at radius 1 is 1.04 bits per heavy atom. The van der Waals surface area contributed by atoms with Crippen molar-refractivity contribution in [3.05, 3.63) is 51.6 Å². The van der Waals surface area contributed by atoms with Crippen molar-refractivity contribution in [1.29, 1.82) is 0 Å². The van der Waals surface area contributed by atoms with Crippen molar-refractivity contribution in [2.45, 2.75) is 26.7 Å². The van der Waals surface area contributed by atoms with Gasteiger partial charge in [-0.05, 0) is 78.4 Å². The third-order valence-electron chi connectivity index (χ3n) is 3.36. The Kier molecular flexibility index (Phi) is 7.36. The molecule has 0 heterocycles. The van der Waals surface area contributed by atoms with Crippen LogP contribution in [-0.4, -0.2) is 19.1 Å². The van der Waals surface area contributed by atoms with Gasteiger partial charge in [-0.1, -0.05) is 13.3 Å². The van der Waals surface area contributed by atoms with Crippen LogP contribution >= 0.6 is 22.6 Å². The summed E-state index contributed by atoms with van der Waals surface area (Å²) in [7, 11) is 0. The summed E-state index contributed by atoms with van der Waals surface area (Å²) in [6.45, 7) is 5.19. The summed E-state index contributed by atoms with van der Waals surface area (Å²) in [5.41, 5.74) is 1.31. The van der Waals surface area contributed by atoms with Crippen LogP contribution in [0.4, 0.5) is 5.69 Å². The molecule has 2 aromatic rings. The zero-order valence-corrected chi connectivity index (χ0v) is 16.1. The van der Waals surface area contributed by atoms with Gasteiger partial charge in [0, 0.05) is 14.8 Å². The first-order valence-electron chi connectivity index (χ1n) is 8.10. The van der Waals surface area contributed by atoms with E-state index in [2.05, 4.69) is 34.8 Å². The number of unbranched alkanes of at least 4 members (excludes halogenated alkanes) is 1. The molecule has 0 saturated carbocycles. The second-order valence-corrected chi connectivity index (χ2v) is 6.50. The summed E-state index contributed by atoms with van der Waals surface area (Å²) in [6, 6.07) is 12.9. The number of halogens is 1. The Morgan fingerprint density at radius 2 is 1.79 bits per heavy atom. The van der Waals surface area contributed by atoms with E-state index in [1.807, 2.05) is 31.2 Å². The molecule has 0 saturated heterocycles. The molecule has 2 rings (SSSR count). The minimum atomic E-state index is -0.169. The molecule has 0 atom stereocenters. The van der Waals surface area contributed by atoms with Crippen molar-refractivity contribution in [2.24, 2.45) is 0 Å². The van der Waals surface area contributed by atoms with Gasteiger partial charge in [0.2, 0.25) is 0 Å². The van der Waals surface area contributed by atoms with E-state index in [4.69, 9.17) is 9.47 Å². The Hall–Kier alpha value is -1.76. The van der Waals surface area contributed by atoms with Gasteiger partial charge in [-0.3, -0.25) is 4.79 Å². The van der Waals surface area contributed by atoms with Gasteiger partial charge in [0.25, 0.3) is 5.91 Å². The Balaban J connectivity index is 2.12. The molecule has 0 unspecified atom stereocenters. The molecule has 0 fully saturated rings. The highest BCUT2D eigenvalue weighted by Crippen LogP contribution is 2.29. The van der Waals surface area contributed by atoms with Crippen molar-refractivity contribution in [3.8, 4) is 11.5 Å². The Labute approximate surface area is 156 Å². The van der Waals surface area contributed by atoms with Gasteiger partial charge in [0.05, 0.1) is 13.2 Å². The number of nitrogens with one attached hydrogen (secondary N) is 1. The van der Waals surface area contributed by atoms with Crippen molar-refractivity contribution in [3.63, 3.8) is 0 Å². The number of carbonyl (C=O) groups is 1. The molecule has 0 aromatic heterocycles. The van der Waals surface area contributed by atoms with Crippen LogP contribution in [0.2, 0.25) is 0 Å². The molecule has 0 bridgehead atoms. The van der Waals surface area contributed by atoms with Gasteiger partial charge in [-0.25, -0.2) is 0 Å². The number of ether oxygens (including phenoxy) is 2. The van der Waals surface area contributed by atoms with E-state index in [1.165, 1.54) is 0 Å². The van der Waals surface area contributed by atoms with E-state index in [0.29, 0.717) is 30.3 Å². The molecule has 0 aliphatic rings. The van der Waals surface area contributed by atoms with E-state index in [0.717, 1.165) is 22.1 Å². The SMILES string of the molecule is CCCCOc1ccc(C(=O)Nc2ccc(I)cc2)cc1OCC. The Bertz CT molecular complexity index is 671. The van der Waals surface area contributed by atoms with Gasteiger partial charge < -0.3 is 14.8 Å². The fraction of sp³-hybridized carbons (Fsp3) is 0.316. The second kappa shape index (κ2) is 9.52. The number of benzene rings is 2. The molecule has 1 amide bonds. The molecule has 0 radical (unpaired) electrons. The second-order valence-electron chi connectivity index (χ2n) is 5.26. The summed E-state index contributed by atoms with van der Waals surface area (Å²) in [4.78, 5) is 12.4. The lowest BCUT2D eigenvalue weighted by atomic mass is 10.1. The lowest BCUT2D eigenvalue weighted by molar-refractivity contribution is 0.102. The summed E-state index contributed by atoms with van der Waals surface area (Å²) < 4.78 is 12.5. The molecule has 4 nitrogen and oxygen atoms in total. The fourth-order valence-corrected chi connectivity index (χ4v) is 2.46. The van der Waals surface area contributed by atoms with E-state index in [-0.39, 0.29) is 5.91 Å². The molecular formula is C19H22INO3. The van der Waals surface area contributed by atoms with E-state index in [9.17, 15) is 4.79 Å². The van der Waals surface area contributed by atoms with Crippen LogP contribution < -0.4 is 14.8 Å². The van der Waals surface area contributed by atoms with Crippen molar-refractivity contribution in [1.82, 2.24) is 0 Å². The molecule has 0 aliphatic heterocycles. The molecule has 24 heavy (non-hydrogen) atoms. The number of rotatable bonds is 8. The number of amides is 1. The summed E-state index contributed by atoms with van der Waals surface area (Å²) >= 11 is 2.23. The molecule has 0 aliphatic carbocycles. The number of hydrogen-bond acceptors (Lipinski definition) is 3. The first kappa shape index (κ1) is 18.6. The zero-order chi connectivity index (χ0) is 17.4. The fourth-order valence-electron chi connectivity index (χ4n) is 2.10. The molecule has 0 spiro atoms. The first-order chi connectivity index (χ1) is 11.6. The maximum absolute atomic E-state index is 12.4. The van der Waals surface area contributed by atoms with Gasteiger partial charge in [-0.15, -0.1) is 0 Å². The van der Waals surface area contributed by atoms with Crippen molar-refractivity contribution >= 4 is 34.2 Å². The molecule has 2 aromatic carbocycles. The minimum absolute atomic E-state index is 0.169. The first-order valence-corrected chi connectivity index (χ1v) is 9.18. The van der Waals surface area contributed by atoms with Gasteiger partial charge in [0.1, 0.15) is 0 Å². The van der Waals surface area contributed by atoms with Crippen LogP contribution in [0.25, 0.3) is 0 Å². The third kappa shape index (κ3) is 5.40. The van der Waals surface area contributed by atoms with Gasteiger partial charge in [0.15, 0.2) is 11.5 Å². The van der Waals surface area contributed by atoms with Crippen LogP contribution in [0.5, 0.6) is 11.5 Å². The highest BCUT2D eigenvalue weighted by atomic mass is 127. The van der Waals surface area contributed by atoms with Gasteiger partial charge in [-0.2, -0.15) is 0 Å². The topological polar surface area (TPSA) is 47.6 Å². The monoisotopic (exact) mass is 439 g/mol. The highest BCUT2D eigenvalue weighted by Gasteiger charge is 2.12. The third-order valence-corrected chi connectivity index (χ3v) is 4.08. The standard InChI is InChI=1S/C19H22INO3/c1-3-5-12-24-17-11-6-14(13-18(17)23-4-2)19(22)21-16-9-7-15(20)8-10-16/h6-11,13H,3-5,12H2,1-2H3,(H,21,22). The summed E-state index contributed by atoms with van der Waals surface area (Å²) in [6.07, 6.45) is 2.06. The zero-order valence-electron chi connectivity index (χ0n) is 14.0. The predicted molar refractivity (Wildman–Crippen MR) is 105 cm³/mol. The Morgan fingerprint density at radius 3 is 2.46 bits per heavy atom. The van der Waals surface area contributed by atoms with Crippen LogP contribution in [0.3, 0.4) is 0 Å². The maximum Gasteiger partial charge on any atom is 0.255 e. The van der Waals surface area contributed by atoms with Crippen LogP contribution in [0, 0.1) is 3.57 Å². The summed E-state index contributed by atoms with van der Waals surface area (Å²) in [5.74, 6) is 1.11. The highest BCUT2D eigenvalue weighted by molar-refractivity contribution is 14.1. The minimum Gasteiger partial charge on any atom is -0.490 e. The van der Waals surface area contributed by atoms with E-state index < -0.39 is 0 Å². The van der Waals surface area contributed by atoms with Gasteiger partial charge >= 0.3 is 0 Å². The number of anilines is 1. The van der Waals surface area contributed by atoms with E-state index >= 15 is 0 Å². The van der Waals surface area contributed by atoms with Crippen LogP contribution in [-0.2, 0) is 0 Å². The molecule has 5 heteroatoms. The molecular weight excluding hydrogens is 417 g/mol. The van der Waals surface area contributed by atoms with E-state index in [1.54, 1.807) is 18.2 Å². The van der Waals surface area contributed by atoms with Crippen LogP contribution in [0.1, 0.15) is 37.0 Å². The van der Waals surface area contributed by atoms with Crippen molar-refractivity contribution in [2.75, 3.05) is 18.5 Å². The smallest absolute Gasteiger partial charge is 0.255 e. The quantitative estimate of drug-likeness (QED) is 0.459. The number of hydrogen-bond donors (Lipinski definition) is 1. The van der Waals surface area contributed by atoms with Crippen LogP contribution in [0.15, 0.2) is 42.5 Å². The maximum atomic E-state index is 12.4. The lowest BCUT2D eigenvalue weighted by Crippen LogP contribution is -2.12. The molecule has 1 N–H and O–H groups in total. The number of carbonyl (C=O) groups excluding carboxylic acids is 1. The summed E-state index contributed by atoms with van der Waals surface area (Å²) in [5, 5.41) is 2.89. The predicted octanol–water partition coefficient (Wildman–Crippen LogP) is 5.12. The average Bonchev–Trinajstić information content (AvgIpc) is 2.58. The largest absolute Gasteiger partial charge is 0.490 e. The average molecular weight is 439 g/mol. The lowest BCUT2D eigenvalue weighted by Gasteiger charge is -2.13. The normalized spacial score (nSPS) is 10.3.